The summed E-state index contributed by atoms with van der Waals surface area (Å²) in [6.07, 6.45) is 0. The third kappa shape index (κ3) is 3.64. The first-order valence-corrected chi connectivity index (χ1v) is 9.46. The number of nitrogens with zero attached hydrogens (tertiary/aromatic N) is 1. The van der Waals surface area contributed by atoms with E-state index in [1.165, 1.54) is 5.56 Å². The number of hydrogen-bond acceptors (Lipinski definition) is 3. The average molecular weight is 391 g/mol. The number of hydrogen-bond donors (Lipinski definition) is 1. The van der Waals surface area contributed by atoms with Crippen LogP contribution in [-0.2, 0) is 0 Å². The topological polar surface area (TPSA) is 55.1 Å². The van der Waals surface area contributed by atoms with Crippen LogP contribution in [0.5, 0.6) is 0 Å². The van der Waals surface area contributed by atoms with Crippen molar-refractivity contribution in [2.24, 2.45) is 0 Å². The van der Waals surface area contributed by atoms with Crippen LogP contribution in [-0.4, -0.2) is 11.1 Å². The van der Waals surface area contributed by atoms with Gasteiger partial charge in [0.05, 0.1) is 5.39 Å². The van der Waals surface area contributed by atoms with Crippen molar-refractivity contribution in [2.75, 3.05) is 5.32 Å². The van der Waals surface area contributed by atoms with Crippen molar-refractivity contribution in [3.63, 3.8) is 0 Å². The molecule has 0 saturated heterocycles. The number of fused-ring (bicyclic) bond motifs is 1. The smallest absolute Gasteiger partial charge is 0.255 e. The molecule has 0 saturated carbocycles. The van der Waals surface area contributed by atoms with E-state index in [0.717, 1.165) is 16.6 Å². The van der Waals surface area contributed by atoms with Crippen molar-refractivity contribution in [2.45, 2.75) is 19.8 Å². The van der Waals surface area contributed by atoms with E-state index in [2.05, 4.69) is 24.3 Å². The molecule has 28 heavy (non-hydrogen) atoms. The van der Waals surface area contributed by atoms with Gasteiger partial charge in [-0.1, -0.05) is 42.7 Å². The van der Waals surface area contributed by atoms with Crippen LogP contribution in [0, 0.1) is 0 Å². The summed E-state index contributed by atoms with van der Waals surface area (Å²) in [7, 11) is 0. The first-order chi connectivity index (χ1) is 13.5. The lowest BCUT2D eigenvalue weighted by Crippen LogP contribution is -2.11. The molecule has 0 radical (unpaired) electrons. The van der Waals surface area contributed by atoms with Gasteiger partial charge in [-0.25, -0.2) is 0 Å². The quantitative estimate of drug-likeness (QED) is 0.431. The molecule has 1 heterocycles. The second-order valence-corrected chi connectivity index (χ2v) is 7.42. The first kappa shape index (κ1) is 18.3. The fourth-order valence-electron chi connectivity index (χ4n) is 3.05. The van der Waals surface area contributed by atoms with E-state index in [9.17, 15) is 4.79 Å². The lowest BCUT2D eigenvalue weighted by Gasteiger charge is -2.08. The fraction of sp³-hybridized carbons (Fsp3) is 0.130. The Morgan fingerprint density at radius 1 is 1.00 bits per heavy atom. The molecule has 0 fully saturated rings. The molecule has 4 rings (SSSR count). The molecule has 0 aliphatic carbocycles. The molecule has 3 aromatic carbocycles. The van der Waals surface area contributed by atoms with E-state index < -0.39 is 0 Å². The number of carbonyl (C=O) groups excluding carboxylic acids is 1. The third-order valence-corrected chi connectivity index (χ3v) is 4.93. The predicted octanol–water partition coefficient (Wildman–Crippen LogP) is 6.52. The number of halogens is 1. The van der Waals surface area contributed by atoms with Crippen LogP contribution < -0.4 is 5.32 Å². The maximum absolute atomic E-state index is 12.7. The molecule has 140 valence electrons. The molecule has 1 amide bonds. The molecule has 0 spiro atoms. The number of anilines is 1. The molecule has 0 bridgehead atoms. The summed E-state index contributed by atoms with van der Waals surface area (Å²) in [4.78, 5) is 12.7. The maximum atomic E-state index is 12.7. The maximum Gasteiger partial charge on any atom is 0.255 e. The summed E-state index contributed by atoms with van der Waals surface area (Å²) >= 11 is 5.96. The van der Waals surface area contributed by atoms with Crippen molar-refractivity contribution in [3.05, 3.63) is 82.9 Å². The molecule has 0 aliphatic heterocycles. The Labute approximate surface area is 168 Å². The molecule has 4 aromatic rings. The zero-order valence-electron chi connectivity index (χ0n) is 15.6. The molecule has 5 heteroatoms. The fourth-order valence-corrected chi connectivity index (χ4v) is 3.17. The van der Waals surface area contributed by atoms with Crippen LogP contribution in [0.1, 0.15) is 35.7 Å². The highest BCUT2D eigenvalue weighted by atomic mass is 35.5. The number of nitrogens with one attached hydrogen (secondary N) is 1. The van der Waals surface area contributed by atoms with Crippen molar-refractivity contribution >= 4 is 34.1 Å². The predicted molar refractivity (Wildman–Crippen MR) is 113 cm³/mol. The molecule has 1 aromatic heterocycles. The van der Waals surface area contributed by atoms with E-state index in [1.54, 1.807) is 30.3 Å². The lowest BCUT2D eigenvalue weighted by molar-refractivity contribution is 0.102. The summed E-state index contributed by atoms with van der Waals surface area (Å²) in [5, 5.41) is 8.46. The van der Waals surface area contributed by atoms with Gasteiger partial charge in [-0.2, -0.15) is 0 Å². The van der Waals surface area contributed by atoms with Crippen LogP contribution in [0.15, 0.2) is 71.3 Å². The normalized spacial score (nSPS) is 11.1. The van der Waals surface area contributed by atoms with Crippen molar-refractivity contribution < 1.29 is 9.32 Å². The van der Waals surface area contributed by atoms with Gasteiger partial charge in [-0.3, -0.25) is 4.79 Å². The number of benzene rings is 3. The number of carbonyl (C=O) groups is 1. The highest BCUT2D eigenvalue weighted by Crippen LogP contribution is 2.30. The average Bonchev–Trinajstić information content (AvgIpc) is 3.12. The van der Waals surface area contributed by atoms with E-state index in [0.29, 0.717) is 27.8 Å². The first-order valence-electron chi connectivity index (χ1n) is 9.08. The second-order valence-electron chi connectivity index (χ2n) is 6.98. The summed E-state index contributed by atoms with van der Waals surface area (Å²) in [6.45, 7) is 4.28. The van der Waals surface area contributed by atoms with E-state index in [-0.39, 0.29) is 5.91 Å². The largest absolute Gasteiger partial charge is 0.355 e. The van der Waals surface area contributed by atoms with Crippen LogP contribution in [0.3, 0.4) is 0 Å². The highest BCUT2D eigenvalue weighted by molar-refractivity contribution is 6.30. The Balaban J connectivity index is 1.62. The highest BCUT2D eigenvalue weighted by Gasteiger charge is 2.14. The summed E-state index contributed by atoms with van der Waals surface area (Å²) in [6, 6.07) is 20.6. The lowest BCUT2D eigenvalue weighted by atomic mass is 10.0. The Hall–Kier alpha value is -3.11. The molecule has 1 N–H and O–H groups in total. The van der Waals surface area contributed by atoms with E-state index in [4.69, 9.17) is 16.1 Å². The number of rotatable bonds is 4. The molecule has 0 aliphatic rings. The van der Waals surface area contributed by atoms with Crippen LogP contribution in [0.2, 0.25) is 5.02 Å². The Bertz CT molecular complexity index is 1130. The second kappa shape index (κ2) is 7.49. The molecular formula is C23H19ClN2O2. The summed E-state index contributed by atoms with van der Waals surface area (Å²) < 4.78 is 5.50. The van der Waals surface area contributed by atoms with Gasteiger partial charge in [0.25, 0.3) is 5.91 Å². The minimum atomic E-state index is -0.178. The number of amides is 1. The van der Waals surface area contributed by atoms with E-state index >= 15 is 0 Å². The Morgan fingerprint density at radius 3 is 2.39 bits per heavy atom. The molecule has 4 nitrogen and oxygen atoms in total. The summed E-state index contributed by atoms with van der Waals surface area (Å²) in [5.74, 6) is 0.886. The molecule has 0 atom stereocenters. The molecular weight excluding hydrogens is 372 g/mol. The minimum Gasteiger partial charge on any atom is -0.355 e. The van der Waals surface area contributed by atoms with Crippen molar-refractivity contribution in [1.29, 1.82) is 0 Å². The van der Waals surface area contributed by atoms with Crippen molar-refractivity contribution in [1.82, 2.24) is 5.16 Å². The van der Waals surface area contributed by atoms with Crippen LogP contribution in [0.25, 0.3) is 22.2 Å². The van der Waals surface area contributed by atoms with Crippen LogP contribution >= 0.6 is 11.6 Å². The molecule has 0 unspecified atom stereocenters. The Kier molecular flexibility index (Phi) is 4.88. The zero-order chi connectivity index (χ0) is 19.7. The van der Waals surface area contributed by atoms with Crippen molar-refractivity contribution in [3.8, 4) is 11.3 Å². The van der Waals surface area contributed by atoms with Gasteiger partial charge in [-0.05, 0) is 66.1 Å². The van der Waals surface area contributed by atoms with Crippen LogP contribution in [0.4, 0.5) is 5.69 Å². The SMILES string of the molecule is CC(C)c1ccc(NC(=O)c2ccc3noc(-c4ccc(Cl)cc4)c3c2)cc1. The minimum absolute atomic E-state index is 0.178. The monoisotopic (exact) mass is 390 g/mol. The van der Waals surface area contributed by atoms with Gasteiger partial charge < -0.3 is 9.84 Å². The Morgan fingerprint density at radius 2 is 1.71 bits per heavy atom. The number of aromatic nitrogens is 1. The summed E-state index contributed by atoms with van der Waals surface area (Å²) in [5.41, 5.74) is 4.09. The van der Waals surface area contributed by atoms with Gasteiger partial charge in [0.1, 0.15) is 5.52 Å². The zero-order valence-corrected chi connectivity index (χ0v) is 16.3. The van der Waals surface area contributed by atoms with Gasteiger partial charge in [0.15, 0.2) is 5.76 Å². The van der Waals surface area contributed by atoms with E-state index in [1.807, 2.05) is 36.4 Å². The van der Waals surface area contributed by atoms with Gasteiger partial charge in [-0.15, -0.1) is 0 Å². The standard InChI is InChI=1S/C23H19ClN2O2/c1-14(2)15-5-10-19(11-6-15)25-23(27)17-7-12-21-20(13-17)22(28-26-21)16-3-8-18(24)9-4-16/h3-14H,1-2H3,(H,25,27). The third-order valence-electron chi connectivity index (χ3n) is 4.68. The van der Waals surface area contributed by atoms with Gasteiger partial charge >= 0.3 is 0 Å². The van der Waals surface area contributed by atoms with Gasteiger partial charge in [0, 0.05) is 21.8 Å². The van der Waals surface area contributed by atoms with Gasteiger partial charge in [0.2, 0.25) is 0 Å².